The summed E-state index contributed by atoms with van der Waals surface area (Å²) in [5, 5.41) is 22.5. The van der Waals surface area contributed by atoms with Crippen molar-refractivity contribution in [1.82, 2.24) is 4.90 Å². The second kappa shape index (κ2) is 10.3. The van der Waals surface area contributed by atoms with Gasteiger partial charge >= 0.3 is 0 Å². The third-order valence-corrected chi connectivity index (χ3v) is 6.62. The molecule has 0 radical (unpaired) electrons. The fourth-order valence-corrected chi connectivity index (χ4v) is 4.62. The van der Waals surface area contributed by atoms with Crippen molar-refractivity contribution in [2.24, 2.45) is 0 Å². The third kappa shape index (κ3) is 6.38. The summed E-state index contributed by atoms with van der Waals surface area (Å²) in [4.78, 5) is 4.42. The molecule has 0 aliphatic carbocycles. The summed E-state index contributed by atoms with van der Waals surface area (Å²) in [6.07, 6.45) is 1.35. The van der Waals surface area contributed by atoms with Crippen molar-refractivity contribution in [1.29, 1.82) is 0 Å². The molecule has 0 amide bonds. The Morgan fingerprint density at radius 2 is 1.58 bits per heavy atom. The van der Waals surface area contributed by atoms with Gasteiger partial charge in [-0.05, 0) is 56.2 Å². The number of nitrogens with zero attached hydrogens (tertiary/aromatic N) is 2. The Balaban J connectivity index is 1.31. The Labute approximate surface area is 196 Å². The van der Waals surface area contributed by atoms with Gasteiger partial charge in [-0.15, -0.1) is 0 Å². The molecule has 2 heterocycles. The first-order valence-electron chi connectivity index (χ1n) is 11.7. The average molecular weight is 457 g/mol. The molecule has 1 unspecified atom stereocenters. The summed E-state index contributed by atoms with van der Waals surface area (Å²) >= 11 is 0. The molecule has 33 heavy (non-hydrogen) atoms. The van der Waals surface area contributed by atoms with Crippen LogP contribution < -0.4 is 14.4 Å². The number of ether oxygens (including phenoxy) is 3. The lowest BCUT2D eigenvalue weighted by atomic mass is 9.90. The smallest absolute Gasteiger partial charge is 0.134 e. The van der Waals surface area contributed by atoms with E-state index in [1.54, 1.807) is 7.11 Å². The van der Waals surface area contributed by atoms with Gasteiger partial charge in [0.15, 0.2) is 0 Å². The fourth-order valence-electron chi connectivity index (χ4n) is 4.62. The van der Waals surface area contributed by atoms with Gasteiger partial charge in [0.1, 0.15) is 23.7 Å². The number of methoxy groups -OCH3 is 1. The molecule has 2 aliphatic rings. The standard InChI is InChI=1S/C26H36N2O5/c1-21-3-7-24(8-4-21)33-20-26(30)18-27(15-16-32-19-26)17-25(29)11-13-28(14-12-25)22-5-9-23(31-2)10-6-22/h3-10,29-30H,11-20H2,1-2H3. The van der Waals surface area contributed by atoms with E-state index in [1.807, 2.05) is 43.3 Å². The van der Waals surface area contributed by atoms with E-state index in [1.165, 1.54) is 0 Å². The van der Waals surface area contributed by atoms with E-state index in [9.17, 15) is 10.2 Å². The van der Waals surface area contributed by atoms with Crippen molar-refractivity contribution in [2.45, 2.75) is 31.0 Å². The predicted octanol–water partition coefficient (Wildman–Crippen LogP) is 2.48. The molecule has 0 spiro atoms. The first kappa shape index (κ1) is 23.8. The number of aliphatic hydroxyl groups is 2. The minimum atomic E-state index is -1.12. The van der Waals surface area contributed by atoms with Crippen molar-refractivity contribution in [3.8, 4) is 11.5 Å². The highest BCUT2D eigenvalue weighted by atomic mass is 16.5. The van der Waals surface area contributed by atoms with E-state index in [4.69, 9.17) is 14.2 Å². The second-order valence-corrected chi connectivity index (χ2v) is 9.50. The molecule has 2 aromatic rings. The van der Waals surface area contributed by atoms with Crippen molar-refractivity contribution < 1.29 is 24.4 Å². The first-order valence-corrected chi connectivity index (χ1v) is 11.7. The van der Waals surface area contributed by atoms with Crippen LogP contribution in [0.15, 0.2) is 48.5 Å². The number of rotatable bonds is 7. The molecule has 2 saturated heterocycles. The Hall–Kier alpha value is -2.32. The average Bonchev–Trinajstić information content (AvgIpc) is 3.00. The number of aryl methyl sites for hydroxylation is 1. The highest BCUT2D eigenvalue weighted by Crippen LogP contribution is 2.29. The molecule has 0 bridgehead atoms. The maximum absolute atomic E-state index is 11.3. The largest absolute Gasteiger partial charge is 0.497 e. The monoisotopic (exact) mass is 456 g/mol. The normalized spacial score (nSPS) is 23.7. The van der Waals surface area contributed by atoms with Crippen LogP contribution in [0.3, 0.4) is 0 Å². The van der Waals surface area contributed by atoms with Gasteiger partial charge in [-0.1, -0.05) is 17.7 Å². The highest BCUT2D eigenvalue weighted by Gasteiger charge is 2.39. The number of anilines is 1. The van der Waals surface area contributed by atoms with Gasteiger partial charge in [0.05, 0.1) is 25.9 Å². The summed E-state index contributed by atoms with van der Waals surface area (Å²) in [5.74, 6) is 1.57. The Morgan fingerprint density at radius 3 is 2.24 bits per heavy atom. The molecular formula is C26H36N2O5. The topological polar surface area (TPSA) is 74.6 Å². The van der Waals surface area contributed by atoms with E-state index in [2.05, 4.69) is 21.9 Å². The maximum Gasteiger partial charge on any atom is 0.134 e. The molecule has 4 rings (SSSR count). The van der Waals surface area contributed by atoms with Crippen LogP contribution in [0.1, 0.15) is 18.4 Å². The van der Waals surface area contributed by atoms with Gasteiger partial charge < -0.3 is 29.3 Å². The zero-order chi connectivity index (χ0) is 23.3. The molecule has 1 atom stereocenters. The van der Waals surface area contributed by atoms with Crippen LogP contribution in [-0.2, 0) is 4.74 Å². The molecule has 2 aliphatic heterocycles. The minimum Gasteiger partial charge on any atom is -0.497 e. The molecule has 2 fully saturated rings. The van der Waals surface area contributed by atoms with E-state index < -0.39 is 11.2 Å². The number of hydrogen-bond donors (Lipinski definition) is 2. The van der Waals surface area contributed by atoms with E-state index >= 15 is 0 Å². The van der Waals surface area contributed by atoms with Crippen LogP contribution in [0.2, 0.25) is 0 Å². The summed E-state index contributed by atoms with van der Waals surface area (Å²) in [5.41, 5.74) is 0.396. The van der Waals surface area contributed by atoms with Crippen LogP contribution >= 0.6 is 0 Å². The van der Waals surface area contributed by atoms with Gasteiger partial charge in [0, 0.05) is 38.4 Å². The summed E-state index contributed by atoms with van der Waals surface area (Å²) in [6, 6.07) is 15.8. The van der Waals surface area contributed by atoms with Crippen molar-refractivity contribution in [2.75, 3.05) is 64.6 Å². The predicted molar refractivity (Wildman–Crippen MR) is 128 cm³/mol. The highest BCUT2D eigenvalue weighted by molar-refractivity contribution is 5.49. The van der Waals surface area contributed by atoms with Crippen molar-refractivity contribution >= 4 is 5.69 Å². The lowest BCUT2D eigenvalue weighted by Crippen LogP contribution is -2.55. The maximum atomic E-state index is 11.3. The summed E-state index contributed by atoms with van der Waals surface area (Å²) in [7, 11) is 1.67. The second-order valence-electron chi connectivity index (χ2n) is 9.50. The number of β-amino-alcohol motifs (C(OH)–C–C–N with tert-alkyl or cyclic N) is 2. The van der Waals surface area contributed by atoms with Crippen molar-refractivity contribution in [3.63, 3.8) is 0 Å². The Kier molecular flexibility index (Phi) is 7.44. The van der Waals surface area contributed by atoms with E-state index in [0.717, 1.165) is 35.8 Å². The van der Waals surface area contributed by atoms with Gasteiger partial charge in [-0.3, -0.25) is 4.90 Å². The molecule has 7 heteroatoms. The zero-order valence-corrected chi connectivity index (χ0v) is 19.7. The molecule has 2 N–H and O–H groups in total. The Morgan fingerprint density at radius 1 is 0.909 bits per heavy atom. The van der Waals surface area contributed by atoms with Gasteiger partial charge in [0.25, 0.3) is 0 Å². The Bertz CT molecular complexity index is 881. The lowest BCUT2D eigenvalue weighted by Gasteiger charge is -2.42. The van der Waals surface area contributed by atoms with Crippen LogP contribution in [0, 0.1) is 6.92 Å². The van der Waals surface area contributed by atoms with Crippen LogP contribution in [0.5, 0.6) is 11.5 Å². The SMILES string of the molecule is COc1ccc(N2CCC(O)(CN3CCOCC(O)(COc4ccc(C)cc4)C3)CC2)cc1. The minimum absolute atomic E-state index is 0.149. The van der Waals surface area contributed by atoms with Crippen LogP contribution in [-0.4, -0.2) is 86.0 Å². The molecule has 2 aromatic carbocycles. The van der Waals surface area contributed by atoms with E-state index in [-0.39, 0.29) is 13.2 Å². The van der Waals surface area contributed by atoms with Gasteiger partial charge in [-0.2, -0.15) is 0 Å². The first-order chi connectivity index (χ1) is 15.9. The van der Waals surface area contributed by atoms with Crippen molar-refractivity contribution in [3.05, 3.63) is 54.1 Å². The third-order valence-electron chi connectivity index (χ3n) is 6.62. The van der Waals surface area contributed by atoms with Gasteiger partial charge in [-0.25, -0.2) is 0 Å². The van der Waals surface area contributed by atoms with Gasteiger partial charge in [0.2, 0.25) is 0 Å². The number of piperidine rings is 1. The summed E-state index contributed by atoms with van der Waals surface area (Å²) < 4.78 is 16.8. The van der Waals surface area contributed by atoms with E-state index in [0.29, 0.717) is 39.1 Å². The van der Waals surface area contributed by atoms with Crippen LogP contribution in [0.25, 0.3) is 0 Å². The number of hydrogen-bond acceptors (Lipinski definition) is 7. The fraction of sp³-hybridized carbons (Fsp3) is 0.538. The quantitative estimate of drug-likeness (QED) is 0.663. The van der Waals surface area contributed by atoms with Crippen LogP contribution in [0.4, 0.5) is 5.69 Å². The molecule has 0 aromatic heterocycles. The molecule has 7 nitrogen and oxygen atoms in total. The lowest BCUT2D eigenvalue weighted by molar-refractivity contribution is -0.0742. The number of benzene rings is 2. The molecular weight excluding hydrogens is 420 g/mol. The zero-order valence-electron chi connectivity index (χ0n) is 19.7. The molecule has 180 valence electrons. The molecule has 0 saturated carbocycles. The summed E-state index contributed by atoms with van der Waals surface area (Å²) in [6.45, 7) is 6.10.